The van der Waals surface area contributed by atoms with Crippen LogP contribution >= 0.6 is 11.3 Å². The molecule has 2 unspecified atom stereocenters. The lowest BCUT2D eigenvalue weighted by molar-refractivity contribution is 0.0360. The summed E-state index contributed by atoms with van der Waals surface area (Å²) in [4.78, 5) is 8.17. The van der Waals surface area contributed by atoms with Crippen LogP contribution in [0.5, 0.6) is 5.75 Å². The molecule has 4 rings (SSSR count). The van der Waals surface area contributed by atoms with Crippen molar-refractivity contribution < 1.29 is 10.2 Å². The van der Waals surface area contributed by atoms with Crippen molar-refractivity contribution in [2.24, 2.45) is 11.8 Å². The van der Waals surface area contributed by atoms with Gasteiger partial charge in [-0.2, -0.15) is 0 Å². The van der Waals surface area contributed by atoms with Crippen LogP contribution in [0, 0.1) is 11.8 Å². The van der Waals surface area contributed by atoms with Crippen LogP contribution in [-0.4, -0.2) is 45.3 Å². The Bertz CT molecular complexity index is 687. The third-order valence-electron chi connectivity index (χ3n) is 5.83. The zero-order chi connectivity index (χ0) is 17.4. The molecular formula is C20H26N2O2S. The average molecular weight is 359 g/mol. The van der Waals surface area contributed by atoms with E-state index in [1.807, 2.05) is 6.07 Å². The maximum absolute atomic E-state index is 11.0. The van der Waals surface area contributed by atoms with E-state index in [0.29, 0.717) is 17.8 Å². The molecule has 2 aromatic rings. The summed E-state index contributed by atoms with van der Waals surface area (Å²) in [7, 11) is 0. The molecular weight excluding hydrogens is 332 g/mol. The number of rotatable bonds is 5. The van der Waals surface area contributed by atoms with Gasteiger partial charge >= 0.3 is 0 Å². The Balaban J connectivity index is 1.32. The number of hydrogen-bond donors (Lipinski definition) is 2. The minimum atomic E-state index is -0.504. The molecule has 0 bridgehead atoms. The van der Waals surface area contributed by atoms with Crippen molar-refractivity contribution in [2.45, 2.75) is 37.7 Å². The Kier molecular flexibility index (Phi) is 4.56. The molecule has 1 aliphatic heterocycles. The average Bonchev–Trinajstić information content (AvgIpc) is 3.24. The second-order valence-electron chi connectivity index (χ2n) is 7.97. The van der Waals surface area contributed by atoms with Crippen LogP contribution < -0.4 is 0 Å². The maximum Gasteiger partial charge on any atom is 0.133 e. The van der Waals surface area contributed by atoms with Crippen LogP contribution in [-0.2, 0) is 6.42 Å². The molecule has 25 heavy (non-hydrogen) atoms. The van der Waals surface area contributed by atoms with Gasteiger partial charge in [0.2, 0.25) is 0 Å². The quantitative estimate of drug-likeness (QED) is 0.861. The number of fused-ring (bicyclic) bond motifs is 1. The van der Waals surface area contributed by atoms with Crippen molar-refractivity contribution in [3.05, 3.63) is 46.4 Å². The summed E-state index contributed by atoms with van der Waals surface area (Å²) in [6.45, 7) is 5.36. The van der Waals surface area contributed by atoms with Gasteiger partial charge in [-0.05, 0) is 48.3 Å². The highest BCUT2D eigenvalue weighted by atomic mass is 32.1. The molecule has 3 heterocycles. The molecule has 2 N–H and O–H groups in total. The van der Waals surface area contributed by atoms with Gasteiger partial charge in [0.1, 0.15) is 5.75 Å². The number of nitrogens with zero attached hydrogens (tertiary/aromatic N) is 2. The van der Waals surface area contributed by atoms with E-state index >= 15 is 0 Å². The zero-order valence-electron chi connectivity index (χ0n) is 14.6. The number of hydrogen-bond acceptors (Lipinski definition) is 5. The van der Waals surface area contributed by atoms with E-state index in [-0.39, 0.29) is 5.75 Å². The first-order valence-electron chi connectivity index (χ1n) is 9.13. The van der Waals surface area contributed by atoms with Crippen LogP contribution in [0.3, 0.4) is 0 Å². The van der Waals surface area contributed by atoms with Gasteiger partial charge in [0, 0.05) is 42.5 Å². The fourth-order valence-corrected chi connectivity index (χ4v) is 5.60. The molecule has 1 aliphatic carbocycles. The van der Waals surface area contributed by atoms with E-state index in [4.69, 9.17) is 0 Å². The normalized spacial score (nSPS) is 30.5. The number of thiophene rings is 1. The zero-order valence-corrected chi connectivity index (χ0v) is 15.5. The third-order valence-corrected chi connectivity index (χ3v) is 6.70. The lowest BCUT2D eigenvalue weighted by Gasteiger charge is -2.26. The van der Waals surface area contributed by atoms with Crippen molar-refractivity contribution >= 4 is 11.3 Å². The highest BCUT2D eigenvalue weighted by Gasteiger charge is 2.48. The molecule has 0 aromatic carbocycles. The summed E-state index contributed by atoms with van der Waals surface area (Å²) in [5, 5.41) is 22.5. The summed E-state index contributed by atoms with van der Waals surface area (Å²) in [6.07, 6.45) is 4.19. The number of pyridine rings is 1. The Hall–Kier alpha value is -1.43. The third kappa shape index (κ3) is 3.73. The summed E-state index contributed by atoms with van der Waals surface area (Å²) >= 11 is 1.75. The van der Waals surface area contributed by atoms with E-state index in [2.05, 4.69) is 34.3 Å². The fourth-order valence-electron chi connectivity index (χ4n) is 4.76. The van der Waals surface area contributed by atoms with Gasteiger partial charge in [0.25, 0.3) is 0 Å². The number of aromatic nitrogens is 1. The Morgan fingerprint density at radius 2 is 2.04 bits per heavy atom. The smallest absolute Gasteiger partial charge is 0.133 e. The standard InChI is InChI=1S/C20H26N2O2S/c1-14(19-5-4-17(23)10-21-19)11-22-12-15-7-20(24,8-16(15)13-22)9-18-3-2-6-25-18/h2-6,10,14-16,23-24H,7-9,11-13H2,1H3/t14?,15-,16+,20?. The molecule has 0 radical (unpaired) electrons. The predicted molar refractivity (Wildman–Crippen MR) is 99.9 cm³/mol. The van der Waals surface area contributed by atoms with E-state index < -0.39 is 5.60 Å². The Morgan fingerprint density at radius 1 is 1.28 bits per heavy atom. The molecule has 2 aliphatic rings. The highest BCUT2D eigenvalue weighted by molar-refractivity contribution is 7.09. The highest BCUT2D eigenvalue weighted by Crippen LogP contribution is 2.45. The molecule has 5 heteroatoms. The van der Waals surface area contributed by atoms with E-state index in [1.54, 1.807) is 17.4 Å². The minimum absolute atomic E-state index is 0.219. The SMILES string of the molecule is CC(CN1C[C@@H]2CC(O)(Cc3cccs3)C[C@@H]2C1)c1ccc(O)cn1. The summed E-state index contributed by atoms with van der Waals surface area (Å²) in [5.41, 5.74) is 0.528. The van der Waals surface area contributed by atoms with Crippen LogP contribution in [0.15, 0.2) is 35.8 Å². The van der Waals surface area contributed by atoms with Gasteiger partial charge in [-0.15, -0.1) is 11.3 Å². The van der Waals surface area contributed by atoms with Crippen LogP contribution in [0.2, 0.25) is 0 Å². The molecule has 4 nitrogen and oxygen atoms in total. The largest absolute Gasteiger partial charge is 0.506 e. The van der Waals surface area contributed by atoms with E-state index in [9.17, 15) is 10.2 Å². The van der Waals surface area contributed by atoms with Gasteiger partial charge < -0.3 is 15.1 Å². The van der Waals surface area contributed by atoms with Crippen molar-refractivity contribution in [2.75, 3.05) is 19.6 Å². The van der Waals surface area contributed by atoms with E-state index in [0.717, 1.165) is 44.6 Å². The van der Waals surface area contributed by atoms with Gasteiger partial charge in [0.05, 0.1) is 11.8 Å². The van der Waals surface area contributed by atoms with Crippen molar-refractivity contribution in [1.29, 1.82) is 0 Å². The second kappa shape index (κ2) is 6.71. The predicted octanol–water partition coefficient (Wildman–Crippen LogP) is 3.27. The lowest BCUT2D eigenvalue weighted by atomic mass is 9.94. The van der Waals surface area contributed by atoms with Crippen molar-refractivity contribution in [3.63, 3.8) is 0 Å². The Morgan fingerprint density at radius 3 is 2.64 bits per heavy atom. The van der Waals surface area contributed by atoms with Gasteiger partial charge in [-0.1, -0.05) is 13.0 Å². The lowest BCUT2D eigenvalue weighted by Crippen LogP contribution is -2.33. The van der Waals surface area contributed by atoms with Crippen LogP contribution in [0.4, 0.5) is 0 Å². The van der Waals surface area contributed by atoms with Crippen LogP contribution in [0.25, 0.3) is 0 Å². The maximum atomic E-state index is 11.0. The molecule has 2 fully saturated rings. The molecule has 4 atom stereocenters. The number of likely N-dealkylation sites (tertiary alicyclic amines) is 1. The summed E-state index contributed by atoms with van der Waals surface area (Å²) < 4.78 is 0. The Labute approximate surface area is 153 Å². The molecule has 134 valence electrons. The number of aliphatic hydroxyl groups is 1. The summed E-state index contributed by atoms with van der Waals surface area (Å²) in [6, 6.07) is 7.83. The molecule has 1 saturated heterocycles. The minimum Gasteiger partial charge on any atom is -0.506 e. The molecule has 0 spiro atoms. The van der Waals surface area contributed by atoms with Gasteiger partial charge in [-0.3, -0.25) is 4.98 Å². The first kappa shape index (κ1) is 17.0. The van der Waals surface area contributed by atoms with Crippen LogP contribution in [0.1, 0.15) is 36.3 Å². The van der Waals surface area contributed by atoms with Gasteiger partial charge in [-0.25, -0.2) is 0 Å². The topological polar surface area (TPSA) is 56.6 Å². The van der Waals surface area contributed by atoms with Gasteiger partial charge in [0.15, 0.2) is 0 Å². The monoisotopic (exact) mass is 358 g/mol. The molecule has 0 amide bonds. The number of aromatic hydroxyl groups is 1. The summed E-state index contributed by atoms with van der Waals surface area (Å²) in [5.74, 6) is 1.80. The molecule has 1 saturated carbocycles. The van der Waals surface area contributed by atoms with E-state index in [1.165, 1.54) is 11.1 Å². The first-order chi connectivity index (χ1) is 12.0. The van der Waals surface area contributed by atoms with Crippen molar-refractivity contribution in [3.8, 4) is 5.75 Å². The molecule has 2 aromatic heterocycles. The first-order valence-corrected chi connectivity index (χ1v) is 10.0. The fraction of sp³-hybridized carbons (Fsp3) is 0.550. The second-order valence-corrected chi connectivity index (χ2v) is 9.00. The van der Waals surface area contributed by atoms with Crippen molar-refractivity contribution in [1.82, 2.24) is 9.88 Å².